The van der Waals surface area contributed by atoms with Gasteiger partial charge in [-0.25, -0.2) is 0 Å². The van der Waals surface area contributed by atoms with Crippen molar-refractivity contribution in [2.45, 2.75) is 13.3 Å². The molecule has 13 heavy (non-hydrogen) atoms. The van der Waals surface area contributed by atoms with E-state index in [0.717, 1.165) is 22.4 Å². The molecule has 0 atom stereocenters. The topological polar surface area (TPSA) is 17.1 Å². The van der Waals surface area contributed by atoms with Gasteiger partial charge in [-0.15, -0.1) is 0 Å². The first kappa shape index (κ1) is 10.0. The molecule has 68 valence electrons. The zero-order chi connectivity index (χ0) is 9.68. The summed E-state index contributed by atoms with van der Waals surface area (Å²) in [7, 11) is 0. The molecule has 0 aliphatic heterocycles. The van der Waals surface area contributed by atoms with Crippen LogP contribution < -0.4 is 0 Å². The van der Waals surface area contributed by atoms with Crippen molar-refractivity contribution in [2.24, 2.45) is 0 Å². The Morgan fingerprint density at radius 2 is 2.23 bits per heavy atom. The predicted molar refractivity (Wildman–Crippen MR) is 55.9 cm³/mol. The van der Waals surface area contributed by atoms with Gasteiger partial charge in [0.2, 0.25) is 0 Å². The van der Waals surface area contributed by atoms with Crippen molar-refractivity contribution in [3.8, 4) is 0 Å². The molecule has 0 saturated carbocycles. The van der Waals surface area contributed by atoms with Crippen LogP contribution in [0.1, 0.15) is 17.5 Å². The number of hydrogen-bond donors (Lipinski definition) is 0. The van der Waals surface area contributed by atoms with Gasteiger partial charge >= 0.3 is 0 Å². The van der Waals surface area contributed by atoms with E-state index >= 15 is 0 Å². The average Bonchev–Trinajstić information content (AvgIpc) is 2.13. The van der Waals surface area contributed by atoms with Gasteiger partial charge in [0, 0.05) is 11.4 Å². The largest absolute Gasteiger partial charge is 0.303 e. The van der Waals surface area contributed by atoms with Gasteiger partial charge in [-0.1, -0.05) is 35.9 Å². The minimum Gasteiger partial charge on any atom is -0.303 e. The Kier molecular flexibility index (Phi) is 3.71. The third kappa shape index (κ3) is 2.71. The number of rotatable bonds is 3. The van der Waals surface area contributed by atoms with Gasteiger partial charge < -0.3 is 4.79 Å². The molecule has 0 aromatic heterocycles. The van der Waals surface area contributed by atoms with Gasteiger partial charge in [0.15, 0.2) is 0 Å². The van der Waals surface area contributed by atoms with Crippen LogP contribution in [0, 0.1) is 6.92 Å². The average molecular weight is 195 g/mol. The quantitative estimate of drug-likeness (QED) is 0.676. The Morgan fingerprint density at radius 3 is 2.92 bits per heavy atom. The highest BCUT2D eigenvalue weighted by Gasteiger charge is 1.97. The second-order valence-corrected chi connectivity index (χ2v) is 3.17. The fraction of sp³-hybridized carbons (Fsp3) is 0.182. The maximum absolute atomic E-state index is 10.1. The van der Waals surface area contributed by atoms with Crippen molar-refractivity contribution < 1.29 is 4.79 Å². The van der Waals surface area contributed by atoms with Crippen molar-refractivity contribution in [2.75, 3.05) is 0 Å². The van der Waals surface area contributed by atoms with E-state index in [9.17, 15) is 4.79 Å². The molecule has 0 bridgehead atoms. The summed E-state index contributed by atoms with van der Waals surface area (Å²) in [6, 6.07) is 5.73. The molecule has 0 N–H and O–H groups in total. The predicted octanol–water partition coefficient (Wildman–Crippen LogP) is 3.25. The van der Waals surface area contributed by atoms with Crippen molar-refractivity contribution in [3.63, 3.8) is 0 Å². The SMILES string of the molecule is Cc1c(Cl)cccc1C=CCC=O. The first-order valence-corrected chi connectivity index (χ1v) is 4.49. The zero-order valence-electron chi connectivity index (χ0n) is 7.46. The van der Waals surface area contributed by atoms with Gasteiger partial charge in [0.05, 0.1) is 0 Å². The third-order valence-corrected chi connectivity index (χ3v) is 2.25. The van der Waals surface area contributed by atoms with E-state index in [2.05, 4.69) is 0 Å². The zero-order valence-corrected chi connectivity index (χ0v) is 8.21. The van der Waals surface area contributed by atoms with Crippen LogP contribution in [0.25, 0.3) is 6.08 Å². The molecule has 0 unspecified atom stereocenters. The lowest BCUT2D eigenvalue weighted by Gasteiger charge is -2.01. The second kappa shape index (κ2) is 4.83. The standard InChI is InChI=1S/C11H11ClO/c1-9-10(5-2-3-8-13)6-4-7-11(9)12/h2,4-8H,3H2,1H3. The van der Waals surface area contributed by atoms with Gasteiger partial charge in [0.1, 0.15) is 6.29 Å². The molecule has 1 aromatic rings. The lowest BCUT2D eigenvalue weighted by atomic mass is 10.1. The Morgan fingerprint density at radius 1 is 1.46 bits per heavy atom. The number of aldehydes is 1. The van der Waals surface area contributed by atoms with Crippen LogP contribution in [0.2, 0.25) is 5.02 Å². The summed E-state index contributed by atoms with van der Waals surface area (Å²) in [6.45, 7) is 1.96. The minimum atomic E-state index is 0.450. The smallest absolute Gasteiger partial charge is 0.123 e. The van der Waals surface area contributed by atoms with E-state index in [1.54, 1.807) is 0 Å². The van der Waals surface area contributed by atoms with Gasteiger partial charge in [0.25, 0.3) is 0 Å². The molecular weight excluding hydrogens is 184 g/mol. The lowest BCUT2D eigenvalue weighted by molar-refractivity contribution is -0.107. The third-order valence-electron chi connectivity index (χ3n) is 1.84. The van der Waals surface area contributed by atoms with E-state index in [1.165, 1.54) is 0 Å². The number of carbonyl (C=O) groups excluding carboxylic acids is 1. The first-order valence-electron chi connectivity index (χ1n) is 4.11. The number of carbonyl (C=O) groups is 1. The highest BCUT2D eigenvalue weighted by molar-refractivity contribution is 6.31. The fourth-order valence-electron chi connectivity index (χ4n) is 1.06. The van der Waals surface area contributed by atoms with Crippen molar-refractivity contribution >= 4 is 24.0 Å². The molecule has 1 rings (SSSR count). The maximum Gasteiger partial charge on any atom is 0.123 e. The fourth-order valence-corrected chi connectivity index (χ4v) is 1.24. The summed E-state index contributed by atoms with van der Waals surface area (Å²) >= 11 is 5.92. The minimum absolute atomic E-state index is 0.450. The summed E-state index contributed by atoms with van der Waals surface area (Å²) < 4.78 is 0. The van der Waals surface area contributed by atoms with E-state index in [0.29, 0.717) is 6.42 Å². The molecule has 0 radical (unpaired) electrons. The van der Waals surface area contributed by atoms with Crippen LogP contribution in [-0.4, -0.2) is 6.29 Å². The molecule has 1 nitrogen and oxygen atoms in total. The highest BCUT2D eigenvalue weighted by Crippen LogP contribution is 2.19. The molecule has 0 aliphatic rings. The van der Waals surface area contributed by atoms with E-state index in [-0.39, 0.29) is 0 Å². The molecular formula is C11H11ClO. The second-order valence-electron chi connectivity index (χ2n) is 2.76. The van der Waals surface area contributed by atoms with Crippen molar-refractivity contribution in [1.82, 2.24) is 0 Å². The molecule has 0 fully saturated rings. The Hall–Kier alpha value is -1.08. The van der Waals surface area contributed by atoms with Crippen LogP contribution in [0.5, 0.6) is 0 Å². The summed E-state index contributed by atoms with van der Waals surface area (Å²) in [5.41, 5.74) is 2.11. The van der Waals surface area contributed by atoms with Gasteiger partial charge in [-0.3, -0.25) is 0 Å². The summed E-state index contributed by atoms with van der Waals surface area (Å²) in [5, 5.41) is 0.758. The lowest BCUT2D eigenvalue weighted by Crippen LogP contribution is -1.81. The molecule has 0 amide bonds. The van der Waals surface area contributed by atoms with E-state index in [1.807, 2.05) is 37.3 Å². The molecule has 0 saturated heterocycles. The van der Waals surface area contributed by atoms with E-state index < -0.39 is 0 Å². The summed E-state index contributed by atoms with van der Waals surface area (Å²) in [6.07, 6.45) is 5.06. The normalized spacial score (nSPS) is 10.6. The summed E-state index contributed by atoms with van der Waals surface area (Å²) in [4.78, 5) is 10.1. The van der Waals surface area contributed by atoms with Crippen LogP contribution >= 0.6 is 11.6 Å². The molecule has 0 aliphatic carbocycles. The van der Waals surface area contributed by atoms with Gasteiger partial charge in [-0.2, -0.15) is 0 Å². The molecule has 0 heterocycles. The molecule has 1 aromatic carbocycles. The van der Waals surface area contributed by atoms with Crippen molar-refractivity contribution in [1.29, 1.82) is 0 Å². The Bertz CT molecular complexity index is 329. The van der Waals surface area contributed by atoms with Crippen LogP contribution in [-0.2, 0) is 4.79 Å². The number of halogens is 1. The first-order chi connectivity index (χ1) is 6.25. The molecule has 0 spiro atoms. The summed E-state index contributed by atoms with van der Waals surface area (Å²) in [5.74, 6) is 0. The van der Waals surface area contributed by atoms with Crippen LogP contribution in [0.4, 0.5) is 0 Å². The number of benzene rings is 1. The van der Waals surface area contributed by atoms with Crippen molar-refractivity contribution in [3.05, 3.63) is 40.4 Å². The van der Waals surface area contributed by atoms with Crippen LogP contribution in [0.3, 0.4) is 0 Å². The Balaban J connectivity index is 2.88. The van der Waals surface area contributed by atoms with E-state index in [4.69, 9.17) is 11.6 Å². The number of allylic oxidation sites excluding steroid dienone is 1. The Labute approximate surface area is 83.0 Å². The van der Waals surface area contributed by atoms with Crippen LogP contribution in [0.15, 0.2) is 24.3 Å². The highest BCUT2D eigenvalue weighted by atomic mass is 35.5. The number of hydrogen-bond acceptors (Lipinski definition) is 1. The monoisotopic (exact) mass is 194 g/mol. The maximum atomic E-state index is 10.1. The van der Waals surface area contributed by atoms with Gasteiger partial charge in [-0.05, 0) is 24.1 Å². The molecule has 2 heteroatoms.